The summed E-state index contributed by atoms with van der Waals surface area (Å²) in [5.41, 5.74) is 0.750. The molecular weight excluding hydrogens is 379 g/mol. The van der Waals surface area contributed by atoms with Crippen molar-refractivity contribution < 1.29 is 21.6 Å². The van der Waals surface area contributed by atoms with Crippen molar-refractivity contribution in [2.45, 2.75) is 11.1 Å². The van der Waals surface area contributed by atoms with Crippen molar-refractivity contribution in [3.8, 4) is 16.9 Å². The fraction of sp³-hybridized carbons (Fsp3) is 0.0556. The third kappa shape index (κ3) is 3.93. The lowest BCUT2D eigenvalue weighted by Crippen LogP contribution is -2.12. The van der Waals surface area contributed by atoms with Gasteiger partial charge >= 0.3 is 6.18 Å². The van der Waals surface area contributed by atoms with Crippen LogP contribution in [0.25, 0.3) is 23.0 Å². The van der Waals surface area contributed by atoms with Gasteiger partial charge in [-0.3, -0.25) is 0 Å². The molecule has 0 aliphatic carbocycles. The molecule has 0 radical (unpaired) electrons. The molecule has 140 valence electrons. The molecule has 2 aromatic carbocycles. The Morgan fingerprint density at radius 1 is 1.04 bits per heavy atom. The van der Waals surface area contributed by atoms with Gasteiger partial charge in [0.25, 0.3) is 0 Å². The molecule has 0 spiro atoms. The van der Waals surface area contributed by atoms with Gasteiger partial charge in [-0.2, -0.15) is 18.3 Å². The van der Waals surface area contributed by atoms with E-state index in [4.69, 9.17) is 5.14 Å². The average molecular weight is 393 g/mol. The molecular formula is C18H14F3N3O2S. The molecule has 2 N–H and O–H groups in total. The van der Waals surface area contributed by atoms with Crippen LogP contribution in [-0.2, 0) is 16.2 Å². The molecule has 3 aromatic rings. The van der Waals surface area contributed by atoms with Crippen LogP contribution in [0, 0.1) is 0 Å². The van der Waals surface area contributed by atoms with Gasteiger partial charge < -0.3 is 0 Å². The Balaban J connectivity index is 2.15. The summed E-state index contributed by atoms with van der Waals surface area (Å²) in [4.78, 5) is -0.147. The van der Waals surface area contributed by atoms with E-state index in [-0.39, 0.29) is 16.3 Å². The molecule has 0 saturated heterocycles. The lowest BCUT2D eigenvalue weighted by molar-refractivity contribution is -0.141. The molecule has 5 nitrogen and oxygen atoms in total. The molecule has 0 aliphatic heterocycles. The molecule has 0 unspecified atom stereocenters. The fourth-order valence-electron chi connectivity index (χ4n) is 2.49. The van der Waals surface area contributed by atoms with E-state index in [9.17, 15) is 21.6 Å². The number of sulfonamides is 1. The summed E-state index contributed by atoms with van der Waals surface area (Å²) >= 11 is 0. The molecule has 0 atom stereocenters. The van der Waals surface area contributed by atoms with Crippen LogP contribution in [0.2, 0.25) is 0 Å². The van der Waals surface area contributed by atoms with Crippen LogP contribution in [0.3, 0.4) is 0 Å². The van der Waals surface area contributed by atoms with Crippen LogP contribution in [0.15, 0.2) is 66.1 Å². The van der Waals surface area contributed by atoms with Crippen molar-refractivity contribution in [1.82, 2.24) is 9.78 Å². The van der Waals surface area contributed by atoms with Crippen LogP contribution in [0.1, 0.15) is 11.3 Å². The van der Waals surface area contributed by atoms with E-state index >= 15 is 0 Å². The molecule has 0 saturated carbocycles. The molecule has 1 aromatic heterocycles. The van der Waals surface area contributed by atoms with Gasteiger partial charge in [-0.1, -0.05) is 36.9 Å². The predicted molar refractivity (Wildman–Crippen MR) is 95.5 cm³/mol. The molecule has 3 rings (SSSR count). The Bertz CT molecular complexity index is 1080. The highest BCUT2D eigenvalue weighted by molar-refractivity contribution is 7.89. The largest absolute Gasteiger partial charge is 0.435 e. The quantitative estimate of drug-likeness (QED) is 0.731. The Labute approximate surface area is 153 Å². The summed E-state index contributed by atoms with van der Waals surface area (Å²) in [6.45, 7) is 3.64. The zero-order valence-corrected chi connectivity index (χ0v) is 14.6. The van der Waals surface area contributed by atoms with Gasteiger partial charge in [-0.25, -0.2) is 18.2 Å². The highest BCUT2D eigenvalue weighted by Crippen LogP contribution is 2.33. The first-order chi connectivity index (χ1) is 12.6. The van der Waals surface area contributed by atoms with Crippen molar-refractivity contribution in [2.24, 2.45) is 5.14 Å². The summed E-state index contributed by atoms with van der Waals surface area (Å²) < 4.78 is 63.3. The molecule has 0 bridgehead atoms. The normalized spacial score (nSPS) is 12.1. The summed E-state index contributed by atoms with van der Waals surface area (Å²) in [5.74, 6) is 0. The van der Waals surface area contributed by atoms with Gasteiger partial charge in [-0.15, -0.1) is 0 Å². The van der Waals surface area contributed by atoms with Gasteiger partial charge in [-0.05, 0) is 35.9 Å². The number of nitrogens with two attached hydrogens (primary N) is 1. The summed E-state index contributed by atoms with van der Waals surface area (Å²) in [6, 6.07) is 12.8. The maximum absolute atomic E-state index is 13.2. The van der Waals surface area contributed by atoms with Crippen LogP contribution in [0.5, 0.6) is 0 Å². The number of alkyl halides is 3. The average Bonchev–Trinajstić information content (AvgIpc) is 3.07. The topological polar surface area (TPSA) is 78.0 Å². The maximum Gasteiger partial charge on any atom is 0.435 e. The van der Waals surface area contributed by atoms with Crippen molar-refractivity contribution in [2.75, 3.05) is 0 Å². The molecule has 0 amide bonds. The molecule has 9 heteroatoms. The van der Waals surface area contributed by atoms with Crippen molar-refractivity contribution in [3.63, 3.8) is 0 Å². The zero-order chi connectivity index (χ0) is 19.8. The van der Waals surface area contributed by atoms with Gasteiger partial charge in [0.2, 0.25) is 10.0 Å². The first kappa shape index (κ1) is 18.9. The molecule has 1 heterocycles. The highest BCUT2D eigenvalue weighted by atomic mass is 32.2. The fourth-order valence-corrected chi connectivity index (χ4v) is 3.00. The minimum absolute atomic E-state index is 0.147. The lowest BCUT2D eigenvalue weighted by atomic mass is 10.1. The summed E-state index contributed by atoms with van der Waals surface area (Å²) in [6.07, 6.45) is -3.00. The molecule has 0 aliphatic rings. The van der Waals surface area contributed by atoms with Crippen LogP contribution in [-0.4, -0.2) is 18.2 Å². The minimum Gasteiger partial charge on any atom is -0.233 e. The van der Waals surface area contributed by atoms with E-state index in [0.717, 1.165) is 16.3 Å². The highest BCUT2D eigenvalue weighted by Gasteiger charge is 2.35. The number of nitrogens with zero attached hydrogens (tertiary/aromatic N) is 2. The Morgan fingerprint density at radius 2 is 1.63 bits per heavy atom. The van der Waals surface area contributed by atoms with E-state index in [2.05, 4.69) is 11.7 Å². The lowest BCUT2D eigenvalue weighted by Gasteiger charge is -2.09. The number of hydrogen-bond acceptors (Lipinski definition) is 3. The number of benzene rings is 2. The smallest absolute Gasteiger partial charge is 0.233 e. The second-order valence-corrected chi connectivity index (χ2v) is 7.25. The monoisotopic (exact) mass is 393 g/mol. The van der Waals surface area contributed by atoms with Gasteiger partial charge in [0.05, 0.1) is 16.3 Å². The number of halogens is 3. The number of rotatable bonds is 4. The second kappa shape index (κ2) is 6.67. The first-order valence-corrected chi connectivity index (χ1v) is 9.17. The van der Waals surface area contributed by atoms with Crippen molar-refractivity contribution >= 4 is 16.1 Å². The Morgan fingerprint density at radius 3 is 2.11 bits per heavy atom. The van der Waals surface area contributed by atoms with E-state index < -0.39 is 21.9 Å². The first-order valence-electron chi connectivity index (χ1n) is 7.63. The zero-order valence-electron chi connectivity index (χ0n) is 13.8. The Hall–Kier alpha value is -2.91. The number of aromatic nitrogens is 2. The SMILES string of the molecule is C=Cc1ccc(-c2cc(C(F)(F)F)nn2-c2ccc(S(N)(=O)=O)cc2)cc1. The molecule has 0 fully saturated rings. The van der Waals surface area contributed by atoms with Gasteiger partial charge in [0, 0.05) is 5.56 Å². The summed E-state index contributed by atoms with van der Waals surface area (Å²) in [5, 5.41) is 8.70. The summed E-state index contributed by atoms with van der Waals surface area (Å²) in [7, 11) is -3.91. The van der Waals surface area contributed by atoms with E-state index in [1.165, 1.54) is 24.3 Å². The van der Waals surface area contributed by atoms with E-state index in [1.807, 2.05) is 0 Å². The second-order valence-electron chi connectivity index (χ2n) is 5.69. The Kier molecular flexibility index (Phi) is 4.66. The van der Waals surface area contributed by atoms with Crippen LogP contribution < -0.4 is 5.14 Å². The number of primary sulfonamides is 1. The standard InChI is InChI=1S/C18H14F3N3O2S/c1-2-12-3-5-13(6-4-12)16-11-17(18(19,20)21)23-24(16)14-7-9-15(10-8-14)27(22,25)26/h2-11H,1H2,(H2,22,25,26). The third-order valence-corrected chi connectivity index (χ3v) is 4.78. The predicted octanol–water partition coefficient (Wildman–Crippen LogP) is 3.85. The van der Waals surface area contributed by atoms with E-state index in [0.29, 0.717) is 5.56 Å². The van der Waals surface area contributed by atoms with Gasteiger partial charge in [0.1, 0.15) is 0 Å². The maximum atomic E-state index is 13.2. The van der Waals surface area contributed by atoms with Crippen molar-refractivity contribution in [3.05, 3.63) is 72.4 Å². The van der Waals surface area contributed by atoms with E-state index in [1.54, 1.807) is 30.3 Å². The van der Waals surface area contributed by atoms with Crippen LogP contribution >= 0.6 is 0 Å². The van der Waals surface area contributed by atoms with Gasteiger partial charge in [0.15, 0.2) is 5.69 Å². The third-order valence-electron chi connectivity index (χ3n) is 3.85. The molecule has 27 heavy (non-hydrogen) atoms. The number of hydrogen-bond donors (Lipinski definition) is 1. The van der Waals surface area contributed by atoms with Crippen LogP contribution in [0.4, 0.5) is 13.2 Å². The minimum atomic E-state index is -4.62. The van der Waals surface area contributed by atoms with Crippen molar-refractivity contribution in [1.29, 1.82) is 0 Å².